The minimum atomic E-state index is -0.858. The van der Waals surface area contributed by atoms with Crippen molar-refractivity contribution in [1.29, 1.82) is 0 Å². The largest absolute Gasteiger partial charge is 0.496 e. The second-order valence-corrected chi connectivity index (χ2v) is 7.70. The van der Waals surface area contributed by atoms with E-state index in [-0.39, 0.29) is 12.5 Å². The van der Waals surface area contributed by atoms with Crippen LogP contribution in [0, 0.1) is 5.92 Å². The van der Waals surface area contributed by atoms with Gasteiger partial charge in [0.15, 0.2) is 0 Å². The van der Waals surface area contributed by atoms with E-state index in [2.05, 4.69) is 28.2 Å². The molecule has 0 saturated carbocycles. The number of carbonyl (C=O) groups excluding carboxylic acids is 3. The van der Waals surface area contributed by atoms with Gasteiger partial charge in [0.25, 0.3) is 5.91 Å². The summed E-state index contributed by atoms with van der Waals surface area (Å²) in [6.45, 7) is 3.22. The average Bonchev–Trinajstić information content (AvgIpc) is 2.89. The van der Waals surface area contributed by atoms with E-state index in [1.165, 1.54) is 7.11 Å². The molecule has 2 heterocycles. The van der Waals surface area contributed by atoms with Crippen molar-refractivity contribution in [3.8, 4) is 5.75 Å². The fourth-order valence-corrected chi connectivity index (χ4v) is 3.84. The van der Waals surface area contributed by atoms with Crippen LogP contribution in [0.1, 0.15) is 31.4 Å². The maximum atomic E-state index is 12.8. The van der Waals surface area contributed by atoms with Gasteiger partial charge in [-0.05, 0) is 37.0 Å². The molecule has 140 valence electrons. The Morgan fingerprint density at radius 1 is 1.38 bits per heavy atom. The molecular formula is C18H22BrN3O4. The smallest absolute Gasteiger partial charge is 0.325 e. The third-order valence-electron chi connectivity index (χ3n) is 4.83. The summed E-state index contributed by atoms with van der Waals surface area (Å²) in [5, 5.41) is 2.65. The van der Waals surface area contributed by atoms with E-state index in [4.69, 9.17) is 4.74 Å². The summed E-state index contributed by atoms with van der Waals surface area (Å²) in [6.07, 6.45) is 2.04. The number of hydrogen-bond donors (Lipinski definition) is 1. The number of methoxy groups -OCH3 is 1. The van der Waals surface area contributed by atoms with Gasteiger partial charge in [-0.3, -0.25) is 14.5 Å². The monoisotopic (exact) mass is 423 g/mol. The Morgan fingerprint density at radius 2 is 2.15 bits per heavy atom. The first-order chi connectivity index (χ1) is 12.4. The van der Waals surface area contributed by atoms with Crippen molar-refractivity contribution in [2.45, 2.75) is 25.8 Å². The number of nitrogens with zero attached hydrogens (tertiary/aromatic N) is 2. The van der Waals surface area contributed by atoms with Crippen LogP contribution in [0.3, 0.4) is 0 Å². The number of halogens is 1. The number of piperidine rings is 1. The van der Waals surface area contributed by atoms with Crippen LogP contribution in [-0.4, -0.2) is 54.4 Å². The number of imide groups is 1. The van der Waals surface area contributed by atoms with Gasteiger partial charge in [0.1, 0.15) is 18.3 Å². The molecule has 0 aliphatic carbocycles. The van der Waals surface area contributed by atoms with E-state index in [0.717, 1.165) is 22.2 Å². The Hall–Kier alpha value is -2.09. The van der Waals surface area contributed by atoms with Gasteiger partial charge in [0.05, 0.1) is 7.11 Å². The number of hydrogen-bond acceptors (Lipinski definition) is 4. The summed E-state index contributed by atoms with van der Waals surface area (Å²) < 4.78 is 6.07. The molecule has 1 aromatic rings. The number of nitrogens with one attached hydrogen (secondary N) is 1. The van der Waals surface area contributed by atoms with E-state index < -0.39 is 18.0 Å². The number of urea groups is 1. The fourth-order valence-electron chi connectivity index (χ4n) is 3.46. The van der Waals surface area contributed by atoms with Crippen LogP contribution in [0.25, 0.3) is 0 Å². The summed E-state index contributed by atoms with van der Waals surface area (Å²) in [6, 6.07) is 3.84. The van der Waals surface area contributed by atoms with Crippen LogP contribution in [0.2, 0.25) is 0 Å². The molecule has 8 heteroatoms. The molecule has 2 aliphatic heterocycles. The average molecular weight is 424 g/mol. The second-order valence-electron chi connectivity index (χ2n) is 6.78. The van der Waals surface area contributed by atoms with E-state index in [9.17, 15) is 14.4 Å². The molecule has 2 fully saturated rings. The van der Waals surface area contributed by atoms with Gasteiger partial charge in [0, 0.05) is 23.1 Å². The molecule has 1 N–H and O–H groups in total. The number of amides is 4. The molecule has 3 rings (SSSR count). The highest BCUT2D eigenvalue weighted by molar-refractivity contribution is 9.10. The van der Waals surface area contributed by atoms with Crippen molar-refractivity contribution in [3.05, 3.63) is 28.2 Å². The van der Waals surface area contributed by atoms with E-state index in [0.29, 0.717) is 30.3 Å². The van der Waals surface area contributed by atoms with Gasteiger partial charge in [-0.1, -0.05) is 22.9 Å². The van der Waals surface area contributed by atoms with Crippen molar-refractivity contribution < 1.29 is 19.1 Å². The fraction of sp³-hybridized carbons (Fsp3) is 0.500. The molecule has 2 unspecified atom stereocenters. The number of likely N-dealkylation sites (tertiary alicyclic amines) is 1. The van der Waals surface area contributed by atoms with Crippen LogP contribution in [0.5, 0.6) is 5.75 Å². The molecule has 4 amide bonds. The number of rotatable bonds is 4. The lowest BCUT2D eigenvalue weighted by molar-refractivity contribution is -0.138. The topological polar surface area (TPSA) is 79.0 Å². The van der Waals surface area contributed by atoms with E-state index in [1.807, 2.05) is 0 Å². The van der Waals surface area contributed by atoms with Crippen LogP contribution in [-0.2, 0) is 9.59 Å². The molecule has 0 spiro atoms. The van der Waals surface area contributed by atoms with Crippen LogP contribution in [0.4, 0.5) is 4.79 Å². The summed E-state index contributed by atoms with van der Waals surface area (Å²) in [7, 11) is 1.51. The Balaban J connectivity index is 1.75. The van der Waals surface area contributed by atoms with Crippen molar-refractivity contribution >= 4 is 33.8 Å². The first-order valence-electron chi connectivity index (χ1n) is 8.63. The van der Waals surface area contributed by atoms with Gasteiger partial charge in [0.2, 0.25) is 5.91 Å². The molecule has 26 heavy (non-hydrogen) atoms. The third-order valence-corrected chi connectivity index (χ3v) is 5.33. The molecule has 2 aliphatic rings. The standard InChI is InChI=1S/C18H22BrN3O4/c1-11-4-3-7-21(9-11)15(23)10-22-17(24)16(20-18(22)25)13-8-12(19)5-6-14(13)26-2/h5-6,8,11,16H,3-4,7,9-10H2,1-2H3,(H,20,25). The third kappa shape index (κ3) is 3.70. The van der Waals surface area contributed by atoms with Crippen LogP contribution in [0.15, 0.2) is 22.7 Å². The minimum absolute atomic E-state index is 0.193. The predicted molar refractivity (Wildman–Crippen MR) is 98.7 cm³/mol. The lowest BCUT2D eigenvalue weighted by atomic mass is 10.0. The molecule has 7 nitrogen and oxygen atoms in total. The van der Waals surface area contributed by atoms with Gasteiger partial charge >= 0.3 is 6.03 Å². The molecular weight excluding hydrogens is 402 g/mol. The second kappa shape index (κ2) is 7.65. The van der Waals surface area contributed by atoms with Crippen molar-refractivity contribution in [2.75, 3.05) is 26.7 Å². The zero-order chi connectivity index (χ0) is 18.8. The lowest BCUT2D eigenvalue weighted by Gasteiger charge is -2.31. The number of ether oxygens (including phenoxy) is 1. The molecule has 0 aromatic heterocycles. The highest BCUT2D eigenvalue weighted by Crippen LogP contribution is 2.32. The van der Waals surface area contributed by atoms with Crippen LogP contribution < -0.4 is 10.1 Å². The zero-order valence-corrected chi connectivity index (χ0v) is 16.4. The first kappa shape index (κ1) is 18.7. The summed E-state index contributed by atoms with van der Waals surface area (Å²) in [5.74, 6) is 0.311. The number of benzene rings is 1. The Bertz CT molecular complexity index is 739. The van der Waals surface area contributed by atoms with Gasteiger partial charge in [-0.25, -0.2) is 4.79 Å². The highest BCUT2D eigenvalue weighted by atomic mass is 79.9. The molecule has 2 saturated heterocycles. The number of carbonyl (C=O) groups is 3. The summed E-state index contributed by atoms with van der Waals surface area (Å²) >= 11 is 3.37. The van der Waals surface area contributed by atoms with E-state index in [1.54, 1.807) is 23.1 Å². The molecule has 0 bridgehead atoms. The Morgan fingerprint density at radius 3 is 2.85 bits per heavy atom. The quantitative estimate of drug-likeness (QED) is 0.753. The van der Waals surface area contributed by atoms with Gasteiger partial charge in [-0.2, -0.15) is 0 Å². The molecule has 2 atom stereocenters. The van der Waals surface area contributed by atoms with Crippen molar-refractivity contribution in [2.24, 2.45) is 5.92 Å². The van der Waals surface area contributed by atoms with Gasteiger partial charge < -0.3 is 15.0 Å². The normalized spacial score (nSPS) is 23.2. The lowest BCUT2D eigenvalue weighted by Crippen LogP contribution is -2.46. The predicted octanol–water partition coefficient (Wildman–Crippen LogP) is 2.31. The zero-order valence-electron chi connectivity index (χ0n) is 14.8. The minimum Gasteiger partial charge on any atom is -0.496 e. The highest BCUT2D eigenvalue weighted by Gasteiger charge is 2.41. The maximum absolute atomic E-state index is 12.8. The molecule has 1 aromatic carbocycles. The Labute approximate surface area is 160 Å². The van der Waals surface area contributed by atoms with Crippen LogP contribution >= 0.6 is 15.9 Å². The van der Waals surface area contributed by atoms with E-state index >= 15 is 0 Å². The summed E-state index contributed by atoms with van der Waals surface area (Å²) in [5.41, 5.74) is 0.557. The SMILES string of the molecule is COc1ccc(Br)cc1C1NC(=O)N(CC(=O)N2CCCC(C)C2)C1=O. The first-order valence-corrected chi connectivity index (χ1v) is 9.43. The maximum Gasteiger partial charge on any atom is 0.325 e. The van der Waals surface area contributed by atoms with Crippen molar-refractivity contribution in [1.82, 2.24) is 15.1 Å². The summed E-state index contributed by atoms with van der Waals surface area (Å²) in [4.78, 5) is 40.3. The van der Waals surface area contributed by atoms with Gasteiger partial charge in [-0.15, -0.1) is 0 Å². The van der Waals surface area contributed by atoms with Crippen molar-refractivity contribution in [3.63, 3.8) is 0 Å². The molecule has 0 radical (unpaired) electrons. The Kier molecular flexibility index (Phi) is 5.50.